The minimum atomic E-state index is -0.939. The van der Waals surface area contributed by atoms with Crippen molar-refractivity contribution in [3.05, 3.63) is 35.4 Å². The van der Waals surface area contributed by atoms with Gasteiger partial charge in [0.25, 0.3) is 0 Å². The van der Waals surface area contributed by atoms with Gasteiger partial charge in [-0.2, -0.15) is 10.5 Å². The lowest BCUT2D eigenvalue weighted by Gasteiger charge is -2.29. The summed E-state index contributed by atoms with van der Waals surface area (Å²) in [4.78, 5) is 4.43. The third-order valence-corrected chi connectivity index (χ3v) is 7.66. The van der Waals surface area contributed by atoms with Gasteiger partial charge >= 0.3 is 0 Å². The fraction of sp³-hybridized carbons (Fsp3) is 0.480. The number of fused-ring (bicyclic) bond motifs is 1. The molecular weight excluding hydrogens is 420 g/mol. The number of nitrogen functional groups attached to an aromatic ring is 1. The van der Waals surface area contributed by atoms with Crippen LogP contribution in [-0.4, -0.2) is 28.1 Å². The summed E-state index contributed by atoms with van der Waals surface area (Å²) < 4.78 is 5.62. The van der Waals surface area contributed by atoms with Crippen LogP contribution < -0.4 is 10.5 Å². The van der Waals surface area contributed by atoms with E-state index in [0.29, 0.717) is 33.4 Å². The SMILES string of the molecule is CC(C)(O)COc1ccc(-c2c(C#N)c(N)nc(SCC3CC4CCC4C3)c2C#N)cc1. The number of thioether (sulfide) groups is 1. The fourth-order valence-electron chi connectivity index (χ4n) is 4.71. The summed E-state index contributed by atoms with van der Waals surface area (Å²) in [6, 6.07) is 11.5. The highest BCUT2D eigenvalue weighted by atomic mass is 32.2. The van der Waals surface area contributed by atoms with Crippen molar-refractivity contribution in [2.45, 2.75) is 50.2 Å². The van der Waals surface area contributed by atoms with Crippen LogP contribution in [0.4, 0.5) is 5.82 Å². The zero-order valence-corrected chi connectivity index (χ0v) is 19.3. The van der Waals surface area contributed by atoms with E-state index in [1.165, 1.54) is 25.7 Å². The van der Waals surface area contributed by atoms with Crippen molar-refractivity contribution < 1.29 is 9.84 Å². The molecule has 2 aliphatic carbocycles. The lowest BCUT2D eigenvalue weighted by atomic mass is 9.77. The van der Waals surface area contributed by atoms with Gasteiger partial charge in [-0.15, -0.1) is 11.8 Å². The largest absolute Gasteiger partial charge is 0.491 e. The first-order valence-corrected chi connectivity index (χ1v) is 12.0. The lowest BCUT2D eigenvalue weighted by molar-refractivity contribution is 0.0285. The van der Waals surface area contributed by atoms with E-state index in [9.17, 15) is 15.6 Å². The Morgan fingerprint density at radius 2 is 1.75 bits per heavy atom. The second-order valence-corrected chi connectivity index (χ2v) is 10.5. The summed E-state index contributed by atoms with van der Waals surface area (Å²) in [5.41, 5.74) is 7.05. The molecule has 0 radical (unpaired) electrons. The van der Waals surface area contributed by atoms with Crippen molar-refractivity contribution in [2.75, 3.05) is 18.1 Å². The molecule has 6 nitrogen and oxygen atoms in total. The number of rotatable bonds is 7. The van der Waals surface area contributed by atoms with Gasteiger partial charge in [0.05, 0.1) is 11.2 Å². The van der Waals surface area contributed by atoms with Crippen LogP contribution in [0.1, 0.15) is 50.7 Å². The number of anilines is 1. The van der Waals surface area contributed by atoms with Crippen LogP contribution >= 0.6 is 11.8 Å². The first-order valence-electron chi connectivity index (χ1n) is 11.0. The maximum Gasteiger partial charge on any atom is 0.143 e. The van der Waals surface area contributed by atoms with Crippen LogP contribution in [0.15, 0.2) is 29.3 Å². The minimum absolute atomic E-state index is 0.151. The first-order chi connectivity index (χ1) is 15.3. The van der Waals surface area contributed by atoms with E-state index in [1.807, 2.05) is 0 Å². The number of aliphatic hydroxyl groups is 1. The van der Waals surface area contributed by atoms with Crippen LogP contribution in [0.2, 0.25) is 0 Å². The van der Waals surface area contributed by atoms with Gasteiger partial charge in [0.1, 0.15) is 40.9 Å². The van der Waals surface area contributed by atoms with E-state index >= 15 is 0 Å². The molecule has 1 aromatic heterocycles. The van der Waals surface area contributed by atoms with Crippen molar-refractivity contribution in [3.63, 3.8) is 0 Å². The second-order valence-electron chi connectivity index (χ2n) is 9.52. The molecule has 2 saturated carbocycles. The summed E-state index contributed by atoms with van der Waals surface area (Å²) in [5.74, 6) is 4.10. The maximum atomic E-state index is 9.98. The molecule has 0 aliphatic heterocycles. The molecule has 0 bridgehead atoms. The quantitative estimate of drug-likeness (QED) is 0.587. The van der Waals surface area contributed by atoms with Gasteiger partial charge in [-0.3, -0.25) is 0 Å². The Morgan fingerprint density at radius 1 is 1.12 bits per heavy atom. The third kappa shape index (κ3) is 4.70. The van der Waals surface area contributed by atoms with Crippen LogP contribution in [0, 0.1) is 40.4 Å². The Labute approximate surface area is 193 Å². The predicted octanol–water partition coefficient (Wildman–Crippen LogP) is 4.75. The molecule has 2 unspecified atom stereocenters. The van der Waals surface area contributed by atoms with Crippen molar-refractivity contribution in [3.8, 4) is 29.0 Å². The van der Waals surface area contributed by atoms with Crippen LogP contribution in [0.25, 0.3) is 11.1 Å². The van der Waals surface area contributed by atoms with Gasteiger partial charge < -0.3 is 15.6 Å². The normalized spacial score (nSPS) is 21.8. The molecule has 2 aromatic rings. The number of nitriles is 2. The predicted molar refractivity (Wildman–Crippen MR) is 125 cm³/mol. The van der Waals surface area contributed by atoms with Gasteiger partial charge in [-0.25, -0.2) is 4.98 Å². The smallest absolute Gasteiger partial charge is 0.143 e. The Bertz CT molecular complexity index is 1070. The summed E-state index contributed by atoms with van der Waals surface area (Å²) in [6.45, 7) is 3.51. The Morgan fingerprint density at radius 3 is 2.28 bits per heavy atom. The molecular formula is C25H28N4O2S. The molecule has 32 heavy (non-hydrogen) atoms. The van der Waals surface area contributed by atoms with Crippen molar-refractivity contribution in [1.29, 1.82) is 10.5 Å². The van der Waals surface area contributed by atoms with E-state index in [2.05, 4.69) is 17.1 Å². The van der Waals surface area contributed by atoms with Crippen molar-refractivity contribution in [1.82, 2.24) is 4.98 Å². The highest BCUT2D eigenvalue weighted by Crippen LogP contribution is 2.50. The highest BCUT2D eigenvalue weighted by molar-refractivity contribution is 7.99. The highest BCUT2D eigenvalue weighted by Gasteiger charge is 2.40. The minimum Gasteiger partial charge on any atom is -0.491 e. The Kier molecular flexibility index (Phi) is 6.33. The number of nitrogens with two attached hydrogens (primary N) is 1. The zero-order chi connectivity index (χ0) is 22.9. The zero-order valence-electron chi connectivity index (χ0n) is 18.5. The van der Waals surface area contributed by atoms with E-state index in [4.69, 9.17) is 10.5 Å². The van der Waals surface area contributed by atoms with Gasteiger partial charge in [-0.05, 0) is 75.0 Å². The van der Waals surface area contributed by atoms with E-state index < -0.39 is 5.60 Å². The molecule has 2 fully saturated rings. The summed E-state index contributed by atoms with van der Waals surface area (Å²) in [7, 11) is 0. The standard InChI is InChI=1S/C25H28N4O2S/c1-25(2,30)14-31-19-7-5-16(6-8-19)22-20(11-26)23(28)29-24(21(22)12-27)32-13-15-9-17-3-4-18(17)10-15/h5-8,15,17-18,30H,3-4,9-10,13-14H2,1-2H3,(H2,28,29). The number of pyridine rings is 1. The van der Waals surface area contributed by atoms with Gasteiger partial charge in [0.15, 0.2) is 0 Å². The third-order valence-electron chi connectivity index (χ3n) is 6.45. The molecule has 2 atom stereocenters. The molecule has 1 aromatic carbocycles. The first kappa shape index (κ1) is 22.5. The molecule has 3 N–H and O–H groups in total. The molecule has 0 spiro atoms. The topological polar surface area (TPSA) is 116 Å². The Balaban J connectivity index is 1.60. The van der Waals surface area contributed by atoms with Gasteiger partial charge in [0, 0.05) is 11.3 Å². The molecule has 0 amide bonds. The summed E-state index contributed by atoms with van der Waals surface area (Å²) in [5, 5.41) is 30.2. The van der Waals surface area contributed by atoms with E-state index in [0.717, 1.165) is 17.6 Å². The molecule has 0 saturated heterocycles. The van der Waals surface area contributed by atoms with E-state index in [1.54, 1.807) is 49.9 Å². The summed E-state index contributed by atoms with van der Waals surface area (Å²) in [6.07, 6.45) is 5.25. The number of benzene rings is 1. The number of nitrogens with zero attached hydrogens (tertiary/aromatic N) is 3. The molecule has 7 heteroatoms. The maximum absolute atomic E-state index is 9.98. The fourth-order valence-corrected chi connectivity index (χ4v) is 5.83. The van der Waals surface area contributed by atoms with Crippen LogP contribution in [0.3, 0.4) is 0 Å². The number of hydrogen-bond acceptors (Lipinski definition) is 7. The average molecular weight is 449 g/mol. The molecule has 4 rings (SSSR count). The van der Waals surface area contributed by atoms with Crippen LogP contribution in [-0.2, 0) is 0 Å². The van der Waals surface area contributed by atoms with Crippen molar-refractivity contribution >= 4 is 17.6 Å². The summed E-state index contributed by atoms with van der Waals surface area (Å²) >= 11 is 1.58. The number of aromatic nitrogens is 1. The lowest BCUT2D eigenvalue weighted by Crippen LogP contribution is -2.27. The number of hydrogen-bond donors (Lipinski definition) is 2. The second kappa shape index (κ2) is 9.02. The van der Waals surface area contributed by atoms with Crippen LogP contribution in [0.5, 0.6) is 5.75 Å². The molecule has 166 valence electrons. The average Bonchev–Trinajstić information content (AvgIpc) is 3.03. The van der Waals surface area contributed by atoms with Gasteiger partial charge in [0.2, 0.25) is 0 Å². The van der Waals surface area contributed by atoms with E-state index in [-0.39, 0.29) is 18.0 Å². The number of ether oxygens (including phenoxy) is 1. The van der Waals surface area contributed by atoms with Crippen molar-refractivity contribution in [2.24, 2.45) is 17.8 Å². The van der Waals surface area contributed by atoms with Gasteiger partial charge in [-0.1, -0.05) is 12.1 Å². The molecule has 2 aliphatic rings. The molecule has 1 heterocycles. The Hall–Kier alpha value is -2.74. The monoisotopic (exact) mass is 448 g/mol.